The number of benzene rings is 1. The summed E-state index contributed by atoms with van der Waals surface area (Å²) in [5, 5.41) is 14.4. The Bertz CT molecular complexity index is 1150. The van der Waals surface area contributed by atoms with E-state index >= 15 is 0 Å². The topological polar surface area (TPSA) is 127 Å². The first-order chi connectivity index (χ1) is 19.1. The van der Waals surface area contributed by atoms with Gasteiger partial charge in [-0.05, 0) is 42.9 Å². The number of rotatable bonds is 12. The first-order valence-corrected chi connectivity index (χ1v) is 15.1. The lowest BCUT2D eigenvalue weighted by Crippen LogP contribution is -2.60. The predicted molar refractivity (Wildman–Crippen MR) is 152 cm³/mol. The third-order valence-corrected chi connectivity index (χ3v) is 8.09. The number of hydrogen-bond donors (Lipinski definition) is 2. The van der Waals surface area contributed by atoms with Gasteiger partial charge in [-0.1, -0.05) is 64.4 Å². The smallest absolute Gasteiger partial charge is 0.286 e. The van der Waals surface area contributed by atoms with Gasteiger partial charge >= 0.3 is 0 Å². The molecule has 1 saturated carbocycles. The molecule has 4 rings (SSSR count). The van der Waals surface area contributed by atoms with Crippen LogP contribution in [0.4, 0.5) is 0 Å². The van der Waals surface area contributed by atoms with Crippen molar-refractivity contribution in [1.82, 2.24) is 25.7 Å². The van der Waals surface area contributed by atoms with Crippen LogP contribution in [0.3, 0.4) is 0 Å². The highest BCUT2D eigenvalue weighted by Gasteiger charge is 2.44. The third kappa shape index (κ3) is 7.92. The quantitative estimate of drug-likeness (QED) is 0.288. The van der Waals surface area contributed by atoms with Crippen molar-refractivity contribution < 1.29 is 23.5 Å². The highest BCUT2D eigenvalue weighted by atomic mass is 32.2. The lowest BCUT2D eigenvalue weighted by molar-refractivity contribution is -0.127. The van der Waals surface area contributed by atoms with Gasteiger partial charge in [-0.25, -0.2) is 0 Å². The summed E-state index contributed by atoms with van der Waals surface area (Å²) >= 11 is 1.38. The molecule has 10 nitrogen and oxygen atoms in total. The molecule has 0 radical (unpaired) electrons. The van der Waals surface area contributed by atoms with Gasteiger partial charge in [0.2, 0.25) is 11.7 Å². The Morgan fingerprint density at radius 3 is 2.33 bits per heavy atom. The second-order valence-corrected chi connectivity index (χ2v) is 12.9. The fourth-order valence-electron chi connectivity index (χ4n) is 5.16. The van der Waals surface area contributed by atoms with E-state index in [-0.39, 0.29) is 28.9 Å². The Morgan fingerprint density at radius 2 is 1.70 bits per heavy atom. The maximum atomic E-state index is 13.7. The van der Waals surface area contributed by atoms with Gasteiger partial charge in [0.1, 0.15) is 5.54 Å². The molecule has 1 atom stereocenters. The molecule has 1 aliphatic heterocycles. The molecule has 218 valence electrons. The van der Waals surface area contributed by atoms with Gasteiger partial charge in [0.05, 0.1) is 19.3 Å². The number of nitrogens with zero attached hydrogens (tertiary/aromatic N) is 3. The Hall–Kier alpha value is -2.76. The number of aromatic nitrogens is 2. The fraction of sp³-hybridized carbons (Fsp3) is 0.621. The van der Waals surface area contributed by atoms with E-state index in [9.17, 15) is 14.4 Å². The summed E-state index contributed by atoms with van der Waals surface area (Å²) in [4.78, 5) is 42.7. The Labute approximate surface area is 240 Å². The molecule has 11 heteroatoms. The normalized spacial score (nSPS) is 18.1. The standard InChI is InChI=1S/C29H41N5O5S/c1-19(2)17-23(24(35)26-32-33-28(39-26)40-20(3)4)30-27(37)29(11-5-6-12-29)31-25(36)22-9-7-21(8-10-22)18-34-13-15-38-16-14-34/h7-10,19-20,23H,5-6,11-18H2,1-4H3,(H,30,37)(H,31,36). The number of carbonyl (C=O) groups excluding carboxylic acids is 3. The first kappa shape index (κ1) is 30.2. The molecule has 2 heterocycles. The van der Waals surface area contributed by atoms with Crippen LogP contribution in [0, 0.1) is 5.92 Å². The van der Waals surface area contributed by atoms with E-state index in [0.29, 0.717) is 30.0 Å². The Kier molecular flexibility index (Phi) is 10.4. The van der Waals surface area contributed by atoms with Crippen LogP contribution in [-0.4, -0.2) is 75.8 Å². The highest BCUT2D eigenvalue weighted by molar-refractivity contribution is 7.99. The van der Waals surface area contributed by atoms with E-state index in [2.05, 4.69) is 25.7 Å². The Morgan fingerprint density at radius 1 is 1.02 bits per heavy atom. The average molecular weight is 572 g/mol. The van der Waals surface area contributed by atoms with E-state index in [4.69, 9.17) is 9.15 Å². The van der Waals surface area contributed by atoms with Gasteiger partial charge in [-0.2, -0.15) is 0 Å². The molecular weight excluding hydrogens is 530 g/mol. The van der Waals surface area contributed by atoms with Crippen LogP contribution < -0.4 is 10.6 Å². The van der Waals surface area contributed by atoms with Crippen LogP contribution in [0.1, 0.15) is 86.4 Å². The van der Waals surface area contributed by atoms with Crippen LogP contribution in [0.5, 0.6) is 0 Å². The largest absolute Gasteiger partial charge is 0.408 e. The lowest BCUT2D eigenvalue weighted by atomic mass is 9.93. The van der Waals surface area contributed by atoms with Crippen LogP contribution in [0.15, 0.2) is 33.9 Å². The molecule has 0 spiro atoms. The molecule has 0 bridgehead atoms. The van der Waals surface area contributed by atoms with E-state index < -0.39 is 17.4 Å². The van der Waals surface area contributed by atoms with Gasteiger partial charge in [0.25, 0.3) is 17.0 Å². The zero-order chi connectivity index (χ0) is 28.7. The number of Topliss-reactive ketones (excluding diaryl/α,β-unsaturated/α-hetero) is 1. The monoisotopic (exact) mass is 571 g/mol. The predicted octanol–water partition coefficient (Wildman–Crippen LogP) is 3.86. The summed E-state index contributed by atoms with van der Waals surface area (Å²) in [5.41, 5.74) is 0.547. The zero-order valence-corrected chi connectivity index (χ0v) is 24.7. The maximum absolute atomic E-state index is 13.7. The van der Waals surface area contributed by atoms with Gasteiger partial charge in [-0.3, -0.25) is 19.3 Å². The molecular formula is C29H41N5O5S. The summed E-state index contributed by atoms with van der Waals surface area (Å²) in [6.45, 7) is 12.0. The van der Waals surface area contributed by atoms with Gasteiger partial charge in [0, 0.05) is 30.4 Å². The number of ether oxygens (including phenoxy) is 1. The van der Waals surface area contributed by atoms with Crippen LogP contribution in [0.2, 0.25) is 0 Å². The average Bonchev–Trinajstić information content (AvgIpc) is 3.59. The molecule has 40 heavy (non-hydrogen) atoms. The van der Waals surface area contributed by atoms with Crippen molar-refractivity contribution in [2.24, 2.45) is 5.92 Å². The molecule has 2 N–H and O–H groups in total. The fourth-order valence-corrected chi connectivity index (χ4v) is 5.78. The van der Waals surface area contributed by atoms with Crippen molar-refractivity contribution in [1.29, 1.82) is 0 Å². The van der Waals surface area contributed by atoms with Crippen molar-refractivity contribution in [3.05, 3.63) is 41.3 Å². The van der Waals surface area contributed by atoms with Crippen LogP contribution in [-0.2, 0) is 16.1 Å². The SMILES string of the molecule is CC(C)CC(NC(=O)C1(NC(=O)c2ccc(CN3CCOCC3)cc2)CCCC1)C(=O)c1nnc(SC(C)C)o1. The van der Waals surface area contributed by atoms with Gasteiger partial charge in [-0.15, -0.1) is 10.2 Å². The molecule has 1 aliphatic carbocycles. The highest BCUT2D eigenvalue weighted by Crippen LogP contribution is 2.31. The molecule has 2 amide bonds. The second-order valence-electron chi connectivity index (χ2n) is 11.4. The summed E-state index contributed by atoms with van der Waals surface area (Å²) in [5.74, 6) is -1.05. The number of nitrogens with one attached hydrogen (secondary N) is 2. The third-order valence-electron chi connectivity index (χ3n) is 7.25. The van der Waals surface area contributed by atoms with E-state index in [1.54, 1.807) is 12.1 Å². The molecule has 1 aromatic carbocycles. The summed E-state index contributed by atoms with van der Waals surface area (Å²) < 4.78 is 11.0. The number of ketones is 1. The minimum absolute atomic E-state index is 0.115. The lowest BCUT2D eigenvalue weighted by Gasteiger charge is -2.31. The molecule has 2 aromatic rings. The number of thioether (sulfide) groups is 1. The van der Waals surface area contributed by atoms with Crippen molar-refractivity contribution in [3.8, 4) is 0 Å². The van der Waals surface area contributed by atoms with E-state index in [0.717, 1.165) is 51.3 Å². The molecule has 1 unspecified atom stereocenters. The van der Waals surface area contributed by atoms with Crippen molar-refractivity contribution in [2.45, 2.75) is 88.4 Å². The minimum atomic E-state index is -1.08. The maximum Gasteiger partial charge on any atom is 0.286 e. The van der Waals surface area contributed by atoms with Crippen LogP contribution >= 0.6 is 11.8 Å². The summed E-state index contributed by atoms with van der Waals surface area (Å²) in [7, 11) is 0. The summed E-state index contributed by atoms with van der Waals surface area (Å²) in [6, 6.07) is 6.69. The molecule has 1 aromatic heterocycles. The minimum Gasteiger partial charge on any atom is -0.408 e. The summed E-state index contributed by atoms with van der Waals surface area (Å²) in [6.07, 6.45) is 3.06. The zero-order valence-electron chi connectivity index (χ0n) is 23.9. The number of morpholine rings is 1. The van der Waals surface area contributed by atoms with E-state index in [1.165, 1.54) is 11.8 Å². The van der Waals surface area contributed by atoms with Crippen molar-refractivity contribution >= 4 is 29.4 Å². The molecule has 2 fully saturated rings. The molecule has 1 saturated heterocycles. The number of amides is 2. The number of hydrogen-bond acceptors (Lipinski definition) is 9. The van der Waals surface area contributed by atoms with Crippen molar-refractivity contribution in [2.75, 3.05) is 26.3 Å². The van der Waals surface area contributed by atoms with Crippen LogP contribution in [0.25, 0.3) is 0 Å². The molecule has 2 aliphatic rings. The van der Waals surface area contributed by atoms with Gasteiger partial charge < -0.3 is 19.8 Å². The van der Waals surface area contributed by atoms with Gasteiger partial charge in [0.15, 0.2) is 0 Å². The first-order valence-electron chi connectivity index (χ1n) is 14.2. The van der Waals surface area contributed by atoms with E-state index in [1.807, 2.05) is 39.8 Å². The number of carbonyl (C=O) groups is 3. The Balaban J connectivity index is 1.43. The van der Waals surface area contributed by atoms with Crippen molar-refractivity contribution in [3.63, 3.8) is 0 Å². The second kappa shape index (κ2) is 13.7.